The molecule has 0 saturated carbocycles. The molecule has 0 spiro atoms. The van der Waals surface area contributed by atoms with Crippen molar-refractivity contribution in [1.29, 1.82) is 0 Å². The Hall–Kier alpha value is -1.22. The number of rotatable bonds is 6. The minimum atomic E-state index is -0.499. The fraction of sp³-hybridized carbons (Fsp3) is 0.462. The molecule has 0 heterocycles. The molecular formula is C13H19ClN2O. The predicted molar refractivity (Wildman–Crippen MR) is 72.5 cm³/mol. The molecule has 1 amide bonds. The molecule has 1 aromatic carbocycles. The average molecular weight is 255 g/mol. The first-order valence-electron chi connectivity index (χ1n) is 5.91. The molecular weight excluding hydrogens is 236 g/mol. The van der Waals surface area contributed by atoms with Gasteiger partial charge in [0, 0.05) is 12.2 Å². The van der Waals surface area contributed by atoms with Crippen molar-refractivity contribution >= 4 is 23.2 Å². The first-order chi connectivity index (χ1) is 8.08. The number of halogens is 1. The van der Waals surface area contributed by atoms with Crippen molar-refractivity contribution in [2.24, 2.45) is 11.7 Å². The number of amides is 1. The van der Waals surface area contributed by atoms with Gasteiger partial charge in [-0.2, -0.15) is 0 Å². The normalized spacial score (nSPS) is 10.6. The Morgan fingerprint density at radius 1 is 1.41 bits per heavy atom. The van der Waals surface area contributed by atoms with Crippen molar-refractivity contribution in [2.45, 2.75) is 26.7 Å². The maximum Gasteiger partial charge on any atom is 0.250 e. The highest BCUT2D eigenvalue weighted by Gasteiger charge is 2.08. The number of carbonyl (C=O) groups is 1. The first-order valence-corrected chi connectivity index (χ1v) is 6.29. The molecule has 4 heteroatoms. The second kappa shape index (κ2) is 6.50. The van der Waals surface area contributed by atoms with Crippen LogP contribution >= 0.6 is 11.6 Å². The minimum Gasteiger partial charge on any atom is -0.385 e. The highest BCUT2D eigenvalue weighted by molar-refractivity contribution is 6.34. The molecule has 0 aliphatic rings. The SMILES string of the molecule is CCC(CC)CNc1ccc(C(N)=O)c(Cl)c1. The van der Waals surface area contributed by atoms with Gasteiger partial charge in [-0.3, -0.25) is 4.79 Å². The Morgan fingerprint density at radius 3 is 2.53 bits per heavy atom. The van der Waals surface area contributed by atoms with Crippen molar-refractivity contribution in [3.05, 3.63) is 28.8 Å². The molecule has 0 bridgehead atoms. The van der Waals surface area contributed by atoms with Gasteiger partial charge in [0.05, 0.1) is 10.6 Å². The number of benzene rings is 1. The second-order valence-corrected chi connectivity index (χ2v) is 4.53. The predicted octanol–water partition coefficient (Wildman–Crippen LogP) is 3.29. The first kappa shape index (κ1) is 13.8. The lowest BCUT2D eigenvalue weighted by molar-refractivity contribution is 0.100. The van der Waals surface area contributed by atoms with E-state index in [9.17, 15) is 4.79 Å². The number of hydrogen-bond acceptors (Lipinski definition) is 2. The zero-order valence-corrected chi connectivity index (χ0v) is 11.1. The van der Waals surface area contributed by atoms with Crippen molar-refractivity contribution in [3.8, 4) is 0 Å². The molecule has 0 saturated heterocycles. The number of primary amides is 1. The van der Waals surface area contributed by atoms with Crippen LogP contribution in [0.1, 0.15) is 37.0 Å². The van der Waals surface area contributed by atoms with Crippen molar-refractivity contribution < 1.29 is 4.79 Å². The zero-order valence-electron chi connectivity index (χ0n) is 10.3. The van der Waals surface area contributed by atoms with Crippen molar-refractivity contribution in [3.63, 3.8) is 0 Å². The lowest BCUT2D eigenvalue weighted by atomic mass is 10.0. The number of nitrogens with two attached hydrogens (primary N) is 1. The van der Waals surface area contributed by atoms with Crippen LogP contribution in [0.3, 0.4) is 0 Å². The van der Waals surface area contributed by atoms with Gasteiger partial charge in [0.2, 0.25) is 5.91 Å². The molecule has 3 N–H and O–H groups in total. The Bertz CT molecular complexity index is 389. The maximum atomic E-state index is 11.0. The fourth-order valence-corrected chi connectivity index (χ4v) is 1.94. The molecule has 0 aliphatic heterocycles. The van der Waals surface area contributed by atoms with Crippen LogP contribution in [-0.2, 0) is 0 Å². The minimum absolute atomic E-state index is 0.361. The monoisotopic (exact) mass is 254 g/mol. The van der Waals surface area contributed by atoms with Gasteiger partial charge >= 0.3 is 0 Å². The van der Waals surface area contributed by atoms with E-state index in [0.29, 0.717) is 16.5 Å². The number of nitrogens with one attached hydrogen (secondary N) is 1. The summed E-state index contributed by atoms with van der Waals surface area (Å²) < 4.78 is 0. The summed E-state index contributed by atoms with van der Waals surface area (Å²) in [5.41, 5.74) is 6.47. The van der Waals surface area contributed by atoms with Crippen LogP contribution < -0.4 is 11.1 Å². The quantitative estimate of drug-likeness (QED) is 0.819. The molecule has 0 radical (unpaired) electrons. The largest absolute Gasteiger partial charge is 0.385 e. The number of anilines is 1. The Morgan fingerprint density at radius 2 is 2.06 bits per heavy atom. The summed E-state index contributed by atoms with van der Waals surface area (Å²) in [5.74, 6) is 0.158. The van der Waals surface area contributed by atoms with Gasteiger partial charge < -0.3 is 11.1 Å². The van der Waals surface area contributed by atoms with E-state index in [-0.39, 0.29) is 0 Å². The van der Waals surface area contributed by atoms with Gasteiger partial charge in [0.15, 0.2) is 0 Å². The van der Waals surface area contributed by atoms with E-state index in [0.717, 1.165) is 25.1 Å². The van der Waals surface area contributed by atoms with Crippen LogP contribution in [0.4, 0.5) is 5.69 Å². The summed E-state index contributed by atoms with van der Waals surface area (Å²) in [7, 11) is 0. The van der Waals surface area contributed by atoms with Crippen molar-refractivity contribution in [2.75, 3.05) is 11.9 Å². The topological polar surface area (TPSA) is 55.1 Å². The van der Waals surface area contributed by atoms with Crippen molar-refractivity contribution in [1.82, 2.24) is 0 Å². The van der Waals surface area contributed by atoms with Crippen LogP contribution in [0.15, 0.2) is 18.2 Å². The van der Waals surface area contributed by atoms with Crippen LogP contribution in [0.2, 0.25) is 5.02 Å². The van der Waals surface area contributed by atoms with E-state index < -0.39 is 5.91 Å². The number of carbonyl (C=O) groups excluding carboxylic acids is 1. The van der Waals surface area contributed by atoms with Gasteiger partial charge in [-0.1, -0.05) is 38.3 Å². The van der Waals surface area contributed by atoms with E-state index in [4.69, 9.17) is 17.3 Å². The Kier molecular flexibility index (Phi) is 5.29. The van der Waals surface area contributed by atoms with Crippen LogP contribution in [0.25, 0.3) is 0 Å². The summed E-state index contributed by atoms with van der Waals surface area (Å²) in [6.45, 7) is 5.28. The van der Waals surface area contributed by atoms with E-state index in [2.05, 4.69) is 19.2 Å². The summed E-state index contributed by atoms with van der Waals surface area (Å²) >= 11 is 5.97. The molecule has 0 aliphatic carbocycles. The summed E-state index contributed by atoms with van der Waals surface area (Å²) in [4.78, 5) is 11.0. The van der Waals surface area contributed by atoms with E-state index in [1.54, 1.807) is 12.1 Å². The molecule has 0 atom stereocenters. The Balaban J connectivity index is 2.67. The van der Waals surface area contributed by atoms with Gasteiger partial charge in [-0.05, 0) is 24.1 Å². The summed E-state index contributed by atoms with van der Waals surface area (Å²) in [6.07, 6.45) is 2.30. The third-order valence-electron chi connectivity index (χ3n) is 2.98. The lowest BCUT2D eigenvalue weighted by Crippen LogP contribution is -2.14. The third kappa shape index (κ3) is 3.93. The smallest absolute Gasteiger partial charge is 0.250 e. The van der Waals surface area contributed by atoms with Crippen LogP contribution in [0.5, 0.6) is 0 Å². The highest BCUT2D eigenvalue weighted by Crippen LogP contribution is 2.21. The van der Waals surface area contributed by atoms with E-state index in [1.165, 1.54) is 0 Å². The second-order valence-electron chi connectivity index (χ2n) is 4.12. The molecule has 17 heavy (non-hydrogen) atoms. The van der Waals surface area contributed by atoms with Crippen LogP contribution in [-0.4, -0.2) is 12.5 Å². The van der Waals surface area contributed by atoms with E-state index >= 15 is 0 Å². The zero-order chi connectivity index (χ0) is 12.8. The molecule has 0 fully saturated rings. The van der Waals surface area contributed by atoms with Gasteiger partial charge in [0.25, 0.3) is 0 Å². The summed E-state index contributed by atoms with van der Waals surface area (Å²) in [5, 5.41) is 3.71. The fourth-order valence-electron chi connectivity index (χ4n) is 1.66. The molecule has 1 aromatic rings. The van der Waals surface area contributed by atoms with E-state index in [1.807, 2.05) is 6.07 Å². The Labute approximate surface area is 107 Å². The van der Waals surface area contributed by atoms with Gasteiger partial charge in [-0.15, -0.1) is 0 Å². The highest BCUT2D eigenvalue weighted by atomic mass is 35.5. The summed E-state index contributed by atoms with van der Waals surface area (Å²) in [6, 6.07) is 5.22. The van der Waals surface area contributed by atoms with Gasteiger partial charge in [-0.25, -0.2) is 0 Å². The third-order valence-corrected chi connectivity index (χ3v) is 3.30. The lowest BCUT2D eigenvalue weighted by Gasteiger charge is -2.14. The average Bonchev–Trinajstić information content (AvgIpc) is 2.30. The molecule has 0 aromatic heterocycles. The molecule has 94 valence electrons. The standard InChI is InChI=1S/C13H19ClN2O/c1-3-9(4-2)8-16-10-5-6-11(13(15)17)12(14)7-10/h5-7,9,16H,3-4,8H2,1-2H3,(H2,15,17). The van der Waals surface area contributed by atoms with Crippen LogP contribution in [0, 0.1) is 5.92 Å². The molecule has 1 rings (SSSR count). The molecule has 0 unspecified atom stereocenters. The van der Waals surface area contributed by atoms with Gasteiger partial charge in [0.1, 0.15) is 0 Å². The number of hydrogen-bond donors (Lipinski definition) is 2. The molecule has 3 nitrogen and oxygen atoms in total. The maximum absolute atomic E-state index is 11.0.